The zero-order chi connectivity index (χ0) is 17.5. The number of fused-ring (bicyclic) bond motifs is 1. The van der Waals surface area contributed by atoms with Gasteiger partial charge in [0.25, 0.3) is 0 Å². The third-order valence-corrected chi connectivity index (χ3v) is 4.24. The number of carbonyl (C=O) groups excluding carboxylic acids is 1. The van der Waals surface area contributed by atoms with Crippen molar-refractivity contribution in [3.8, 4) is 5.75 Å². The molecule has 0 spiro atoms. The minimum Gasteiger partial charge on any atom is -0.497 e. The highest BCUT2D eigenvalue weighted by atomic mass is 16.5. The Kier molecular flexibility index (Phi) is 5.90. The molecule has 2 amide bonds. The Hall–Kier alpha value is -2.54. The van der Waals surface area contributed by atoms with Crippen molar-refractivity contribution in [3.63, 3.8) is 0 Å². The molecule has 0 bridgehead atoms. The standard InChI is InChI=1S/C18H24N4O3/c1-24-16-4-2-14(3-5-16)6-8-19-18(23)20-9-10-22-17-7-11-25-13-15(17)12-21-22/h2-5,12H,6-11,13H2,1H3,(H2,19,20,23). The minimum atomic E-state index is -0.155. The molecular formula is C18H24N4O3. The summed E-state index contributed by atoms with van der Waals surface area (Å²) in [6.45, 7) is 3.17. The fourth-order valence-corrected chi connectivity index (χ4v) is 2.85. The van der Waals surface area contributed by atoms with Crippen LogP contribution in [0.5, 0.6) is 5.75 Å². The molecule has 2 N–H and O–H groups in total. The fraction of sp³-hybridized carbons (Fsp3) is 0.444. The Bertz CT molecular complexity index is 697. The summed E-state index contributed by atoms with van der Waals surface area (Å²) in [5, 5.41) is 10.1. The van der Waals surface area contributed by atoms with E-state index in [-0.39, 0.29) is 6.03 Å². The molecule has 3 rings (SSSR count). The van der Waals surface area contributed by atoms with Crippen LogP contribution in [0.3, 0.4) is 0 Å². The minimum absolute atomic E-state index is 0.155. The summed E-state index contributed by atoms with van der Waals surface area (Å²) < 4.78 is 12.5. The molecule has 0 unspecified atom stereocenters. The molecule has 1 aromatic heterocycles. The Balaban J connectivity index is 1.34. The van der Waals surface area contributed by atoms with Crippen molar-refractivity contribution in [3.05, 3.63) is 47.3 Å². The van der Waals surface area contributed by atoms with Gasteiger partial charge in [-0.1, -0.05) is 12.1 Å². The molecule has 0 saturated heterocycles. The van der Waals surface area contributed by atoms with E-state index in [2.05, 4.69) is 15.7 Å². The number of benzene rings is 1. The van der Waals surface area contributed by atoms with Gasteiger partial charge in [0.1, 0.15) is 5.75 Å². The zero-order valence-electron chi connectivity index (χ0n) is 14.5. The zero-order valence-corrected chi connectivity index (χ0v) is 14.5. The Morgan fingerprint density at radius 3 is 2.88 bits per heavy atom. The van der Waals surface area contributed by atoms with Crippen LogP contribution in [-0.4, -0.2) is 42.6 Å². The number of carbonyl (C=O) groups is 1. The molecule has 0 fully saturated rings. The second kappa shape index (κ2) is 8.53. The van der Waals surface area contributed by atoms with E-state index in [9.17, 15) is 4.79 Å². The van der Waals surface area contributed by atoms with E-state index in [0.29, 0.717) is 26.2 Å². The molecule has 0 saturated carbocycles. The maximum atomic E-state index is 11.9. The summed E-state index contributed by atoms with van der Waals surface area (Å²) in [5.74, 6) is 0.835. The van der Waals surface area contributed by atoms with Crippen molar-refractivity contribution in [2.24, 2.45) is 0 Å². The highest BCUT2D eigenvalue weighted by Gasteiger charge is 2.15. The smallest absolute Gasteiger partial charge is 0.314 e. The van der Waals surface area contributed by atoms with Gasteiger partial charge in [-0.2, -0.15) is 5.10 Å². The van der Waals surface area contributed by atoms with Crippen LogP contribution < -0.4 is 15.4 Å². The number of ether oxygens (including phenoxy) is 2. The molecule has 1 aliphatic rings. The number of rotatable bonds is 7. The Morgan fingerprint density at radius 2 is 2.08 bits per heavy atom. The summed E-state index contributed by atoms with van der Waals surface area (Å²) in [6.07, 6.45) is 3.51. The second-order valence-electron chi connectivity index (χ2n) is 5.92. The van der Waals surface area contributed by atoms with E-state index in [4.69, 9.17) is 9.47 Å². The normalized spacial score (nSPS) is 13.2. The van der Waals surface area contributed by atoms with Gasteiger partial charge in [0, 0.05) is 30.8 Å². The number of amides is 2. The average Bonchev–Trinajstić information content (AvgIpc) is 3.06. The second-order valence-corrected chi connectivity index (χ2v) is 5.92. The molecule has 134 valence electrons. The van der Waals surface area contributed by atoms with Gasteiger partial charge >= 0.3 is 6.03 Å². The maximum Gasteiger partial charge on any atom is 0.314 e. The molecular weight excluding hydrogens is 320 g/mol. The topological polar surface area (TPSA) is 77.4 Å². The maximum absolute atomic E-state index is 11.9. The molecule has 1 aromatic carbocycles. The predicted molar refractivity (Wildman–Crippen MR) is 93.7 cm³/mol. The lowest BCUT2D eigenvalue weighted by molar-refractivity contribution is 0.109. The molecule has 2 aromatic rings. The quantitative estimate of drug-likeness (QED) is 0.798. The van der Waals surface area contributed by atoms with Crippen molar-refractivity contribution < 1.29 is 14.3 Å². The molecule has 0 radical (unpaired) electrons. The number of nitrogens with zero attached hydrogens (tertiary/aromatic N) is 2. The highest BCUT2D eigenvalue weighted by molar-refractivity contribution is 5.73. The first-order chi connectivity index (χ1) is 12.3. The van der Waals surface area contributed by atoms with Crippen molar-refractivity contribution in [2.45, 2.75) is 26.0 Å². The van der Waals surface area contributed by atoms with Crippen LogP contribution in [0.2, 0.25) is 0 Å². The molecule has 7 heteroatoms. The summed E-state index contributed by atoms with van der Waals surface area (Å²) in [4.78, 5) is 11.9. The number of aromatic nitrogens is 2. The van der Waals surface area contributed by atoms with Gasteiger partial charge in [0.2, 0.25) is 0 Å². The summed E-state index contributed by atoms with van der Waals surface area (Å²) >= 11 is 0. The van der Waals surface area contributed by atoms with E-state index in [1.807, 2.05) is 35.1 Å². The van der Waals surface area contributed by atoms with Gasteiger partial charge in [0.15, 0.2) is 0 Å². The van der Waals surface area contributed by atoms with Crippen LogP contribution in [0, 0.1) is 0 Å². The van der Waals surface area contributed by atoms with Crippen LogP contribution in [-0.2, 0) is 30.7 Å². The van der Waals surface area contributed by atoms with Crippen LogP contribution in [0.4, 0.5) is 4.79 Å². The molecule has 2 heterocycles. The monoisotopic (exact) mass is 344 g/mol. The lowest BCUT2D eigenvalue weighted by atomic mass is 10.1. The third-order valence-electron chi connectivity index (χ3n) is 4.24. The molecule has 7 nitrogen and oxygen atoms in total. The van der Waals surface area contributed by atoms with E-state index >= 15 is 0 Å². The van der Waals surface area contributed by atoms with Gasteiger partial charge in [-0.25, -0.2) is 4.79 Å². The molecule has 25 heavy (non-hydrogen) atoms. The first-order valence-corrected chi connectivity index (χ1v) is 8.52. The summed E-state index contributed by atoms with van der Waals surface area (Å²) in [7, 11) is 1.65. The van der Waals surface area contributed by atoms with Crippen molar-refractivity contribution in [2.75, 3.05) is 26.8 Å². The first kappa shape index (κ1) is 17.3. The molecule has 1 aliphatic heterocycles. The van der Waals surface area contributed by atoms with E-state index in [1.54, 1.807) is 7.11 Å². The third kappa shape index (κ3) is 4.73. The molecule has 0 aliphatic carbocycles. The van der Waals surface area contributed by atoms with Gasteiger partial charge in [-0.05, 0) is 24.1 Å². The van der Waals surface area contributed by atoms with Crippen molar-refractivity contribution >= 4 is 6.03 Å². The fourth-order valence-electron chi connectivity index (χ4n) is 2.85. The molecule has 0 atom stereocenters. The number of methoxy groups -OCH3 is 1. The number of nitrogens with one attached hydrogen (secondary N) is 2. The van der Waals surface area contributed by atoms with Crippen LogP contribution in [0.25, 0.3) is 0 Å². The lowest BCUT2D eigenvalue weighted by Crippen LogP contribution is -2.38. The van der Waals surface area contributed by atoms with Gasteiger partial charge in [0.05, 0.1) is 33.1 Å². The van der Waals surface area contributed by atoms with Gasteiger partial charge < -0.3 is 20.1 Å². The van der Waals surface area contributed by atoms with E-state index in [1.165, 1.54) is 5.69 Å². The Labute approximate surface area is 147 Å². The van der Waals surface area contributed by atoms with Gasteiger partial charge in [-0.3, -0.25) is 4.68 Å². The number of hydrogen-bond donors (Lipinski definition) is 2. The number of urea groups is 1. The van der Waals surface area contributed by atoms with Gasteiger partial charge in [-0.15, -0.1) is 0 Å². The van der Waals surface area contributed by atoms with Crippen LogP contribution >= 0.6 is 0 Å². The lowest BCUT2D eigenvalue weighted by Gasteiger charge is -2.15. The van der Waals surface area contributed by atoms with E-state index in [0.717, 1.165) is 36.3 Å². The first-order valence-electron chi connectivity index (χ1n) is 8.52. The number of hydrogen-bond acceptors (Lipinski definition) is 4. The predicted octanol–water partition coefficient (Wildman–Crippen LogP) is 1.51. The van der Waals surface area contributed by atoms with Crippen molar-refractivity contribution in [1.82, 2.24) is 20.4 Å². The average molecular weight is 344 g/mol. The SMILES string of the molecule is COc1ccc(CCNC(=O)NCCn2ncc3c2CCOC3)cc1. The summed E-state index contributed by atoms with van der Waals surface area (Å²) in [6, 6.07) is 7.69. The Morgan fingerprint density at radius 1 is 1.28 bits per heavy atom. The van der Waals surface area contributed by atoms with Crippen molar-refractivity contribution in [1.29, 1.82) is 0 Å². The highest BCUT2D eigenvalue weighted by Crippen LogP contribution is 2.15. The summed E-state index contributed by atoms with van der Waals surface area (Å²) in [5.41, 5.74) is 3.52. The van der Waals surface area contributed by atoms with Crippen LogP contribution in [0.1, 0.15) is 16.8 Å². The van der Waals surface area contributed by atoms with Crippen LogP contribution in [0.15, 0.2) is 30.5 Å². The van der Waals surface area contributed by atoms with E-state index < -0.39 is 0 Å². The largest absolute Gasteiger partial charge is 0.497 e.